The molecule has 2 rings (SSSR count). The van der Waals surface area contributed by atoms with Gasteiger partial charge in [0.2, 0.25) is 0 Å². The number of carbonyl (C=O) groups excluding carboxylic acids is 1. The number of ether oxygens (including phenoxy) is 1. The molecule has 1 N–H and O–H groups in total. The Morgan fingerprint density at radius 2 is 2.00 bits per heavy atom. The summed E-state index contributed by atoms with van der Waals surface area (Å²) in [5.41, 5.74) is 0.338. The van der Waals surface area contributed by atoms with Gasteiger partial charge in [0.05, 0.1) is 17.8 Å². The van der Waals surface area contributed by atoms with Crippen LogP contribution in [0.5, 0.6) is 0 Å². The minimum atomic E-state index is -0.699. The van der Waals surface area contributed by atoms with Crippen LogP contribution in [0.4, 0.5) is 5.69 Å². The third kappa shape index (κ3) is 3.18. The van der Waals surface area contributed by atoms with Gasteiger partial charge in [0, 0.05) is 0 Å². The Labute approximate surface area is 132 Å². The van der Waals surface area contributed by atoms with Crippen LogP contribution in [0, 0.1) is 11.3 Å². The third-order valence-corrected chi connectivity index (χ3v) is 5.01. The lowest BCUT2D eigenvalue weighted by molar-refractivity contribution is -0.150. The van der Waals surface area contributed by atoms with E-state index in [4.69, 9.17) is 16.3 Å². The summed E-state index contributed by atoms with van der Waals surface area (Å²) in [5.74, 6) is -0.0320. The maximum atomic E-state index is 12.5. The number of para-hydroxylation sites is 1. The Balaban J connectivity index is 2.35. The monoisotopic (exact) mass is 309 g/mol. The molecule has 21 heavy (non-hydrogen) atoms. The Morgan fingerprint density at radius 1 is 1.33 bits per heavy atom. The number of esters is 1. The van der Waals surface area contributed by atoms with Gasteiger partial charge in [-0.05, 0) is 42.7 Å². The van der Waals surface area contributed by atoms with Crippen molar-refractivity contribution in [3.8, 4) is 0 Å². The Hall–Kier alpha value is -1.22. The first-order valence-corrected chi connectivity index (χ1v) is 7.80. The van der Waals surface area contributed by atoms with Gasteiger partial charge in [0.1, 0.15) is 5.54 Å². The highest BCUT2D eigenvalue weighted by Crippen LogP contribution is 2.46. The van der Waals surface area contributed by atoms with Crippen LogP contribution in [0.25, 0.3) is 0 Å². The summed E-state index contributed by atoms with van der Waals surface area (Å²) >= 11 is 6.24. The predicted molar refractivity (Wildman–Crippen MR) is 86.6 cm³/mol. The number of hydrogen-bond acceptors (Lipinski definition) is 3. The summed E-state index contributed by atoms with van der Waals surface area (Å²) in [6.07, 6.45) is 2.70. The normalized spacial score (nSPS) is 28.0. The number of nitrogens with one attached hydrogen (secondary N) is 1. The average Bonchev–Trinajstić information content (AvgIpc) is 2.43. The van der Waals surface area contributed by atoms with Crippen LogP contribution in [0.3, 0.4) is 0 Å². The Kier molecular flexibility index (Phi) is 4.52. The van der Waals surface area contributed by atoms with Gasteiger partial charge in [-0.3, -0.25) is 0 Å². The second-order valence-electron chi connectivity index (χ2n) is 6.84. The molecule has 2 atom stereocenters. The molecule has 1 fully saturated rings. The van der Waals surface area contributed by atoms with Crippen LogP contribution in [-0.4, -0.2) is 18.6 Å². The average molecular weight is 310 g/mol. The van der Waals surface area contributed by atoms with Crippen LogP contribution in [0.2, 0.25) is 5.02 Å². The van der Waals surface area contributed by atoms with Crippen LogP contribution in [0.15, 0.2) is 24.3 Å². The zero-order chi connectivity index (χ0) is 15.7. The lowest BCUT2D eigenvalue weighted by Crippen LogP contribution is -2.56. The topological polar surface area (TPSA) is 38.3 Å². The Morgan fingerprint density at radius 3 is 2.57 bits per heavy atom. The van der Waals surface area contributed by atoms with Gasteiger partial charge in [0.25, 0.3) is 0 Å². The summed E-state index contributed by atoms with van der Waals surface area (Å²) in [6, 6.07) is 7.52. The van der Waals surface area contributed by atoms with Crippen LogP contribution < -0.4 is 5.32 Å². The van der Waals surface area contributed by atoms with Crippen molar-refractivity contribution in [1.29, 1.82) is 0 Å². The summed E-state index contributed by atoms with van der Waals surface area (Å²) < 4.78 is 5.10. The molecule has 0 bridgehead atoms. The van der Waals surface area contributed by atoms with E-state index in [0.717, 1.165) is 24.9 Å². The second-order valence-corrected chi connectivity index (χ2v) is 7.24. The molecule has 1 aromatic rings. The minimum Gasteiger partial charge on any atom is -0.467 e. The molecule has 0 saturated heterocycles. The first kappa shape index (κ1) is 16.2. The Bertz CT molecular complexity index is 529. The van der Waals surface area contributed by atoms with E-state index in [-0.39, 0.29) is 17.3 Å². The van der Waals surface area contributed by atoms with Crippen molar-refractivity contribution in [2.45, 2.75) is 45.6 Å². The summed E-state index contributed by atoms with van der Waals surface area (Å²) in [5, 5.41) is 4.02. The first-order chi connectivity index (χ1) is 9.81. The predicted octanol–water partition coefficient (Wildman–Crippen LogP) is 4.51. The fraction of sp³-hybridized carbons (Fsp3) is 0.588. The number of halogens is 1. The lowest BCUT2D eigenvalue weighted by Gasteiger charge is -2.47. The standard InChI is InChI=1S/C17H24ClNO2/c1-12-11-16(2,3)9-10-17(12,15(20)21-4)19-14-8-6-5-7-13(14)18/h5-8,12,19H,9-11H2,1-4H3. The molecule has 0 aliphatic heterocycles. The molecular weight excluding hydrogens is 286 g/mol. The summed E-state index contributed by atoms with van der Waals surface area (Å²) in [6.45, 7) is 6.61. The van der Waals surface area contributed by atoms with Crippen LogP contribution in [-0.2, 0) is 9.53 Å². The fourth-order valence-electron chi connectivity index (χ4n) is 3.41. The van der Waals surface area contributed by atoms with Crippen LogP contribution >= 0.6 is 11.6 Å². The van der Waals surface area contributed by atoms with Crippen molar-refractivity contribution < 1.29 is 9.53 Å². The zero-order valence-corrected chi connectivity index (χ0v) is 14.0. The molecule has 1 aliphatic carbocycles. The van der Waals surface area contributed by atoms with E-state index >= 15 is 0 Å². The quantitative estimate of drug-likeness (QED) is 0.835. The molecule has 4 heteroatoms. The highest BCUT2D eigenvalue weighted by molar-refractivity contribution is 6.33. The SMILES string of the molecule is COC(=O)C1(Nc2ccccc2Cl)CCC(C)(C)CC1C. The van der Waals surface area contributed by atoms with E-state index in [1.807, 2.05) is 24.3 Å². The molecular formula is C17H24ClNO2. The van der Waals surface area contributed by atoms with Crippen molar-refractivity contribution in [1.82, 2.24) is 0 Å². The number of anilines is 1. The number of hydrogen-bond donors (Lipinski definition) is 1. The third-order valence-electron chi connectivity index (χ3n) is 4.68. The van der Waals surface area contributed by atoms with Gasteiger partial charge in [-0.1, -0.05) is 44.5 Å². The van der Waals surface area contributed by atoms with Crippen molar-refractivity contribution in [2.75, 3.05) is 12.4 Å². The van der Waals surface area contributed by atoms with E-state index in [1.165, 1.54) is 7.11 Å². The molecule has 0 aromatic heterocycles. The highest BCUT2D eigenvalue weighted by atomic mass is 35.5. The number of benzene rings is 1. The van der Waals surface area contributed by atoms with Gasteiger partial charge in [0.15, 0.2) is 0 Å². The van der Waals surface area contributed by atoms with Gasteiger partial charge in [-0.15, -0.1) is 0 Å². The largest absolute Gasteiger partial charge is 0.467 e. The molecule has 116 valence electrons. The van der Waals surface area contributed by atoms with Gasteiger partial charge < -0.3 is 10.1 Å². The molecule has 0 spiro atoms. The smallest absolute Gasteiger partial charge is 0.331 e. The van der Waals surface area contributed by atoms with Gasteiger partial charge in [-0.25, -0.2) is 4.79 Å². The van der Waals surface area contributed by atoms with Crippen LogP contribution in [0.1, 0.15) is 40.0 Å². The summed E-state index contributed by atoms with van der Waals surface area (Å²) in [4.78, 5) is 12.5. The lowest BCUT2D eigenvalue weighted by atomic mass is 9.63. The first-order valence-electron chi connectivity index (χ1n) is 7.42. The van der Waals surface area contributed by atoms with E-state index in [1.54, 1.807) is 0 Å². The number of methoxy groups -OCH3 is 1. The highest BCUT2D eigenvalue weighted by Gasteiger charge is 2.50. The number of carbonyl (C=O) groups is 1. The fourth-order valence-corrected chi connectivity index (χ4v) is 3.60. The molecule has 1 saturated carbocycles. The van der Waals surface area contributed by atoms with E-state index in [0.29, 0.717) is 5.02 Å². The van der Waals surface area contributed by atoms with Gasteiger partial charge in [-0.2, -0.15) is 0 Å². The molecule has 1 aromatic carbocycles. The molecule has 0 amide bonds. The van der Waals surface area contributed by atoms with Crippen molar-refractivity contribution in [3.05, 3.63) is 29.3 Å². The minimum absolute atomic E-state index is 0.171. The van der Waals surface area contributed by atoms with Crippen molar-refractivity contribution in [3.63, 3.8) is 0 Å². The molecule has 3 nitrogen and oxygen atoms in total. The maximum Gasteiger partial charge on any atom is 0.331 e. The van der Waals surface area contributed by atoms with E-state index in [9.17, 15) is 4.79 Å². The van der Waals surface area contributed by atoms with E-state index in [2.05, 4.69) is 26.1 Å². The molecule has 0 heterocycles. The number of rotatable bonds is 3. The van der Waals surface area contributed by atoms with Gasteiger partial charge >= 0.3 is 5.97 Å². The maximum absolute atomic E-state index is 12.5. The van der Waals surface area contributed by atoms with Crippen molar-refractivity contribution >= 4 is 23.3 Å². The van der Waals surface area contributed by atoms with Crippen molar-refractivity contribution in [2.24, 2.45) is 11.3 Å². The second kappa shape index (κ2) is 5.88. The molecule has 1 aliphatic rings. The summed E-state index contributed by atoms with van der Waals surface area (Å²) in [7, 11) is 1.45. The zero-order valence-electron chi connectivity index (χ0n) is 13.2. The molecule has 2 unspecified atom stereocenters. The molecule has 0 radical (unpaired) electrons. The van der Waals surface area contributed by atoms with E-state index < -0.39 is 5.54 Å².